The van der Waals surface area contributed by atoms with Gasteiger partial charge in [-0.3, -0.25) is 4.79 Å². The molecule has 0 spiro atoms. The minimum absolute atomic E-state index is 0.0484. The normalized spacial score (nSPS) is 15.7. The third kappa shape index (κ3) is 3.13. The number of hydrogen-bond acceptors (Lipinski definition) is 5. The lowest BCUT2D eigenvalue weighted by Gasteiger charge is -2.20. The van der Waals surface area contributed by atoms with Gasteiger partial charge in [-0.15, -0.1) is 0 Å². The van der Waals surface area contributed by atoms with Crippen LogP contribution in [0, 0.1) is 0 Å². The van der Waals surface area contributed by atoms with Gasteiger partial charge in [-0.05, 0) is 23.6 Å². The van der Waals surface area contributed by atoms with E-state index in [1.807, 2.05) is 18.2 Å². The Morgan fingerprint density at radius 1 is 1.42 bits per heavy atom. The number of rotatable bonds is 5. The van der Waals surface area contributed by atoms with E-state index < -0.39 is 0 Å². The number of hydrogen-bond donors (Lipinski definition) is 1. The fourth-order valence-electron chi connectivity index (χ4n) is 3.22. The van der Waals surface area contributed by atoms with Gasteiger partial charge in [0.15, 0.2) is 11.3 Å². The standard InChI is InChI=1S/C19H20N4O3/c1-22(12-15-8-14-4-2-3-5-17(14)26-15)19(25)16-9-18-20-10-13(6-7-24)11-23(18)21-16/h2-5,9-11,15,24H,6-8,12H2,1H3/t15-/m1/s1. The maximum atomic E-state index is 12.7. The number of likely N-dealkylation sites (N-methyl/N-ethyl adjacent to an activating group) is 1. The summed E-state index contributed by atoms with van der Waals surface area (Å²) in [6.45, 7) is 0.539. The van der Waals surface area contributed by atoms with E-state index in [9.17, 15) is 4.79 Å². The Bertz CT molecular complexity index is 928. The Morgan fingerprint density at radius 3 is 3.08 bits per heavy atom. The Balaban J connectivity index is 1.46. The highest BCUT2D eigenvalue weighted by Crippen LogP contribution is 2.28. The fourth-order valence-corrected chi connectivity index (χ4v) is 3.22. The van der Waals surface area contributed by atoms with Gasteiger partial charge < -0.3 is 14.7 Å². The molecule has 1 amide bonds. The summed E-state index contributed by atoms with van der Waals surface area (Å²) in [4.78, 5) is 18.6. The molecule has 26 heavy (non-hydrogen) atoms. The predicted octanol–water partition coefficient (Wildman–Crippen LogP) is 1.34. The van der Waals surface area contributed by atoms with Crippen molar-refractivity contribution in [3.63, 3.8) is 0 Å². The molecule has 1 atom stereocenters. The van der Waals surface area contributed by atoms with Crippen molar-refractivity contribution in [2.24, 2.45) is 0 Å². The zero-order valence-corrected chi connectivity index (χ0v) is 14.5. The highest BCUT2D eigenvalue weighted by atomic mass is 16.5. The number of amides is 1. The summed E-state index contributed by atoms with van der Waals surface area (Å²) >= 11 is 0. The molecule has 0 unspecified atom stereocenters. The van der Waals surface area contributed by atoms with Gasteiger partial charge in [-0.1, -0.05) is 18.2 Å². The first-order chi connectivity index (χ1) is 12.6. The molecule has 1 aromatic carbocycles. The number of carbonyl (C=O) groups is 1. The van der Waals surface area contributed by atoms with Crippen molar-refractivity contribution < 1.29 is 14.6 Å². The van der Waals surface area contributed by atoms with Gasteiger partial charge in [0.05, 0.1) is 6.54 Å². The van der Waals surface area contributed by atoms with Crippen LogP contribution in [-0.4, -0.2) is 56.8 Å². The summed E-state index contributed by atoms with van der Waals surface area (Å²) < 4.78 is 7.49. The number of benzene rings is 1. The maximum absolute atomic E-state index is 12.7. The second-order valence-electron chi connectivity index (χ2n) is 6.51. The lowest BCUT2D eigenvalue weighted by atomic mass is 10.1. The smallest absolute Gasteiger partial charge is 0.274 e. The average Bonchev–Trinajstić information content (AvgIpc) is 3.24. The molecule has 0 aliphatic carbocycles. The van der Waals surface area contributed by atoms with Gasteiger partial charge in [-0.2, -0.15) is 5.10 Å². The molecule has 0 fully saturated rings. The first-order valence-electron chi connectivity index (χ1n) is 8.59. The number of nitrogens with zero attached hydrogens (tertiary/aromatic N) is 4. The second kappa shape index (κ2) is 6.76. The van der Waals surface area contributed by atoms with Crippen LogP contribution in [0.25, 0.3) is 5.65 Å². The number of ether oxygens (including phenoxy) is 1. The monoisotopic (exact) mass is 352 g/mol. The first kappa shape index (κ1) is 16.5. The minimum atomic E-state index is -0.168. The van der Waals surface area contributed by atoms with Gasteiger partial charge in [0, 0.05) is 38.5 Å². The number of para-hydroxylation sites is 1. The van der Waals surface area contributed by atoms with E-state index in [1.165, 1.54) is 5.56 Å². The van der Waals surface area contributed by atoms with Crippen LogP contribution in [0.5, 0.6) is 5.75 Å². The molecule has 7 heteroatoms. The molecule has 0 radical (unpaired) electrons. The Morgan fingerprint density at radius 2 is 2.27 bits per heavy atom. The van der Waals surface area contributed by atoms with E-state index in [-0.39, 0.29) is 18.6 Å². The predicted molar refractivity (Wildman–Crippen MR) is 95.3 cm³/mol. The average molecular weight is 352 g/mol. The van der Waals surface area contributed by atoms with E-state index in [2.05, 4.69) is 16.1 Å². The summed E-state index contributed by atoms with van der Waals surface area (Å²) in [5, 5.41) is 13.4. The number of fused-ring (bicyclic) bond motifs is 2. The van der Waals surface area contributed by atoms with E-state index in [4.69, 9.17) is 9.84 Å². The van der Waals surface area contributed by atoms with Crippen molar-refractivity contribution in [3.05, 3.63) is 59.5 Å². The summed E-state index contributed by atoms with van der Waals surface area (Å²) in [6, 6.07) is 9.62. The van der Waals surface area contributed by atoms with E-state index in [0.29, 0.717) is 24.3 Å². The molecule has 1 aliphatic rings. The Labute approximate surface area is 150 Å². The van der Waals surface area contributed by atoms with Crippen LogP contribution >= 0.6 is 0 Å². The molecule has 0 saturated carbocycles. The molecule has 0 saturated heterocycles. The lowest BCUT2D eigenvalue weighted by molar-refractivity contribution is 0.0724. The fraction of sp³-hybridized carbons (Fsp3) is 0.316. The molecule has 1 aliphatic heterocycles. The highest BCUT2D eigenvalue weighted by Gasteiger charge is 2.26. The van der Waals surface area contributed by atoms with Crippen LogP contribution in [0.1, 0.15) is 21.6 Å². The van der Waals surface area contributed by atoms with Crippen LogP contribution in [0.3, 0.4) is 0 Å². The number of aliphatic hydroxyl groups excluding tert-OH is 1. The quantitative estimate of drug-likeness (QED) is 0.750. The summed E-state index contributed by atoms with van der Waals surface area (Å²) in [6.07, 6.45) is 4.73. The minimum Gasteiger partial charge on any atom is -0.488 e. The molecule has 0 bridgehead atoms. The van der Waals surface area contributed by atoms with Crippen molar-refractivity contribution in [2.75, 3.05) is 20.2 Å². The SMILES string of the molecule is CN(C[C@H]1Cc2ccccc2O1)C(=O)c1cc2ncc(CCO)cn2n1. The summed E-state index contributed by atoms with van der Waals surface area (Å²) in [5.74, 6) is 0.727. The third-order valence-corrected chi connectivity index (χ3v) is 4.52. The molecule has 3 heterocycles. The van der Waals surface area contributed by atoms with Crippen LogP contribution in [-0.2, 0) is 12.8 Å². The molecule has 7 nitrogen and oxygen atoms in total. The lowest BCUT2D eigenvalue weighted by Crippen LogP contribution is -2.36. The van der Waals surface area contributed by atoms with Crippen LogP contribution in [0.2, 0.25) is 0 Å². The zero-order valence-electron chi connectivity index (χ0n) is 14.5. The van der Waals surface area contributed by atoms with Crippen molar-refractivity contribution in [1.29, 1.82) is 0 Å². The Hall–Kier alpha value is -2.93. The zero-order chi connectivity index (χ0) is 18.1. The first-order valence-corrected chi connectivity index (χ1v) is 8.59. The number of aliphatic hydroxyl groups is 1. The molecule has 2 aromatic heterocycles. The largest absolute Gasteiger partial charge is 0.488 e. The molecular formula is C19H20N4O3. The van der Waals surface area contributed by atoms with Crippen LogP contribution < -0.4 is 4.74 Å². The molecule has 134 valence electrons. The maximum Gasteiger partial charge on any atom is 0.274 e. The van der Waals surface area contributed by atoms with Crippen molar-refractivity contribution in [2.45, 2.75) is 18.9 Å². The molecular weight excluding hydrogens is 332 g/mol. The third-order valence-electron chi connectivity index (χ3n) is 4.52. The van der Waals surface area contributed by atoms with Gasteiger partial charge in [-0.25, -0.2) is 9.50 Å². The molecule has 3 aromatic rings. The van der Waals surface area contributed by atoms with Gasteiger partial charge in [0.2, 0.25) is 0 Å². The summed E-state index contributed by atoms with van der Waals surface area (Å²) in [7, 11) is 1.75. The Kier molecular flexibility index (Phi) is 4.30. The van der Waals surface area contributed by atoms with Crippen molar-refractivity contribution in [1.82, 2.24) is 19.5 Å². The van der Waals surface area contributed by atoms with E-state index in [1.54, 1.807) is 34.9 Å². The number of carbonyl (C=O) groups excluding carboxylic acids is 1. The molecule has 1 N–H and O–H groups in total. The van der Waals surface area contributed by atoms with Crippen molar-refractivity contribution >= 4 is 11.6 Å². The second-order valence-corrected chi connectivity index (χ2v) is 6.51. The topological polar surface area (TPSA) is 80.0 Å². The molecule has 4 rings (SSSR count). The van der Waals surface area contributed by atoms with Gasteiger partial charge in [0.1, 0.15) is 11.9 Å². The highest BCUT2D eigenvalue weighted by molar-refractivity contribution is 5.93. The summed E-state index contributed by atoms with van der Waals surface area (Å²) in [5.41, 5.74) is 2.99. The van der Waals surface area contributed by atoms with E-state index in [0.717, 1.165) is 17.7 Å². The van der Waals surface area contributed by atoms with Crippen molar-refractivity contribution in [3.8, 4) is 5.75 Å². The van der Waals surface area contributed by atoms with Gasteiger partial charge in [0.25, 0.3) is 5.91 Å². The van der Waals surface area contributed by atoms with E-state index >= 15 is 0 Å². The van der Waals surface area contributed by atoms with Crippen LogP contribution in [0.4, 0.5) is 0 Å². The van der Waals surface area contributed by atoms with Gasteiger partial charge >= 0.3 is 0 Å². The van der Waals surface area contributed by atoms with Crippen LogP contribution in [0.15, 0.2) is 42.7 Å². The number of aromatic nitrogens is 3.